The lowest BCUT2D eigenvalue weighted by Gasteiger charge is -1.96. The SMILES string of the molecule is O=C(O)C(=S)Cc1cc(-c2ccccc2)cs1. The van der Waals surface area contributed by atoms with Crippen LogP contribution < -0.4 is 0 Å². The molecule has 4 heteroatoms. The lowest BCUT2D eigenvalue weighted by Crippen LogP contribution is -2.11. The van der Waals surface area contributed by atoms with Crippen molar-refractivity contribution < 1.29 is 9.90 Å². The Morgan fingerprint density at radius 1 is 1.24 bits per heavy atom. The second-order valence-corrected chi connectivity index (χ2v) is 5.06. The van der Waals surface area contributed by atoms with E-state index < -0.39 is 5.97 Å². The van der Waals surface area contributed by atoms with Crippen molar-refractivity contribution in [3.8, 4) is 11.1 Å². The van der Waals surface area contributed by atoms with E-state index in [1.807, 2.05) is 41.8 Å². The van der Waals surface area contributed by atoms with Crippen LogP contribution in [-0.2, 0) is 11.2 Å². The Labute approximate surface area is 109 Å². The van der Waals surface area contributed by atoms with Gasteiger partial charge in [0.15, 0.2) is 0 Å². The molecule has 0 saturated carbocycles. The standard InChI is InChI=1S/C13H10O2S2/c14-13(15)12(16)7-11-6-10(8-17-11)9-4-2-1-3-5-9/h1-6,8H,7H2,(H,14,15). The van der Waals surface area contributed by atoms with Crippen molar-refractivity contribution in [3.05, 3.63) is 46.7 Å². The third-order valence-electron chi connectivity index (χ3n) is 2.33. The summed E-state index contributed by atoms with van der Waals surface area (Å²) in [5.41, 5.74) is 2.25. The van der Waals surface area contributed by atoms with Crippen molar-refractivity contribution in [2.45, 2.75) is 6.42 Å². The Morgan fingerprint density at radius 3 is 2.59 bits per heavy atom. The van der Waals surface area contributed by atoms with Crippen LogP contribution in [0, 0.1) is 0 Å². The summed E-state index contributed by atoms with van der Waals surface area (Å²) >= 11 is 6.33. The molecule has 0 bridgehead atoms. The summed E-state index contributed by atoms with van der Waals surface area (Å²) in [5, 5.41) is 10.8. The van der Waals surface area contributed by atoms with Gasteiger partial charge in [-0.3, -0.25) is 0 Å². The fourth-order valence-corrected chi connectivity index (χ4v) is 2.64. The minimum atomic E-state index is -1.00. The van der Waals surface area contributed by atoms with Gasteiger partial charge in [-0.2, -0.15) is 0 Å². The Bertz CT molecular complexity index is 544. The number of thiocarbonyl (C=S) groups is 1. The summed E-state index contributed by atoms with van der Waals surface area (Å²) in [6, 6.07) is 12.0. The predicted molar refractivity (Wildman–Crippen MR) is 73.7 cm³/mol. The van der Waals surface area contributed by atoms with Gasteiger partial charge in [-0.25, -0.2) is 4.79 Å². The lowest BCUT2D eigenvalue weighted by molar-refractivity contribution is -0.129. The average molecular weight is 262 g/mol. The highest BCUT2D eigenvalue weighted by molar-refractivity contribution is 7.82. The van der Waals surface area contributed by atoms with Crippen molar-refractivity contribution in [1.82, 2.24) is 0 Å². The molecule has 0 unspecified atom stereocenters. The molecule has 0 spiro atoms. The number of hydrogen-bond acceptors (Lipinski definition) is 3. The number of carboxylic acid groups (broad SMARTS) is 1. The molecule has 1 heterocycles. The van der Waals surface area contributed by atoms with E-state index in [0.29, 0.717) is 6.42 Å². The van der Waals surface area contributed by atoms with Gasteiger partial charge in [0.05, 0.1) is 0 Å². The van der Waals surface area contributed by atoms with Gasteiger partial charge in [0, 0.05) is 11.3 Å². The number of hydrogen-bond donors (Lipinski definition) is 1. The van der Waals surface area contributed by atoms with E-state index in [0.717, 1.165) is 16.0 Å². The molecule has 0 saturated heterocycles. The number of carbonyl (C=O) groups is 1. The van der Waals surface area contributed by atoms with Crippen LogP contribution in [0.15, 0.2) is 41.8 Å². The first-order chi connectivity index (χ1) is 8.16. The molecule has 0 radical (unpaired) electrons. The summed E-state index contributed by atoms with van der Waals surface area (Å²) in [5.74, 6) is -1.00. The molecule has 1 aromatic heterocycles. The van der Waals surface area contributed by atoms with E-state index >= 15 is 0 Å². The van der Waals surface area contributed by atoms with Crippen LogP contribution in [0.1, 0.15) is 4.88 Å². The zero-order valence-electron chi connectivity index (χ0n) is 8.92. The first kappa shape index (κ1) is 12.0. The molecule has 0 aliphatic rings. The second kappa shape index (κ2) is 5.21. The quantitative estimate of drug-likeness (QED) is 0.858. The maximum absolute atomic E-state index is 10.6. The Morgan fingerprint density at radius 2 is 1.94 bits per heavy atom. The molecular weight excluding hydrogens is 252 g/mol. The molecule has 1 N–H and O–H groups in total. The lowest BCUT2D eigenvalue weighted by atomic mass is 10.1. The van der Waals surface area contributed by atoms with E-state index in [-0.39, 0.29) is 4.86 Å². The molecule has 1 aromatic carbocycles. The largest absolute Gasteiger partial charge is 0.477 e. The summed E-state index contributed by atoms with van der Waals surface area (Å²) < 4.78 is 0. The number of benzene rings is 1. The third kappa shape index (κ3) is 2.99. The summed E-state index contributed by atoms with van der Waals surface area (Å²) in [6.07, 6.45) is 0.335. The van der Waals surface area contributed by atoms with Crippen LogP contribution >= 0.6 is 23.6 Å². The molecule has 2 nitrogen and oxygen atoms in total. The van der Waals surface area contributed by atoms with Crippen LogP contribution in [0.2, 0.25) is 0 Å². The van der Waals surface area contributed by atoms with Crippen LogP contribution in [0.4, 0.5) is 0 Å². The van der Waals surface area contributed by atoms with Gasteiger partial charge in [-0.1, -0.05) is 42.5 Å². The molecule has 86 valence electrons. The number of carboxylic acids is 1. The molecule has 2 aromatic rings. The minimum absolute atomic E-state index is 0.0615. The Kier molecular flexibility index (Phi) is 3.66. The average Bonchev–Trinajstić information content (AvgIpc) is 2.78. The molecule has 0 atom stereocenters. The third-order valence-corrected chi connectivity index (χ3v) is 3.59. The van der Waals surface area contributed by atoms with Crippen LogP contribution in [0.3, 0.4) is 0 Å². The Balaban J connectivity index is 2.17. The molecular formula is C13H10O2S2. The second-order valence-electron chi connectivity index (χ2n) is 3.57. The molecule has 0 aliphatic heterocycles. The highest BCUT2D eigenvalue weighted by atomic mass is 32.1. The van der Waals surface area contributed by atoms with Gasteiger partial charge in [0.2, 0.25) is 0 Å². The van der Waals surface area contributed by atoms with Crippen molar-refractivity contribution in [3.63, 3.8) is 0 Å². The highest BCUT2D eigenvalue weighted by Gasteiger charge is 2.09. The Hall–Kier alpha value is -1.52. The van der Waals surface area contributed by atoms with Crippen LogP contribution in [-0.4, -0.2) is 15.9 Å². The number of aliphatic carboxylic acids is 1. The summed E-state index contributed by atoms with van der Waals surface area (Å²) in [6.45, 7) is 0. The highest BCUT2D eigenvalue weighted by Crippen LogP contribution is 2.25. The van der Waals surface area contributed by atoms with Crippen LogP contribution in [0.25, 0.3) is 11.1 Å². The number of thiophene rings is 1. The minimum Gasteiger partial charge on any atom is -0.477 e. The summed E-state index contributed by atoms with van der Waals surface area (Å²) in [4.78, 5) is 11.7. The van der Waals surface area contributed by atoms with Gasteiger partial charge in [0.25, 0.3) is 0 Å². The van der Waals surface area contributed by atoms with Crippen molar-refractivity contribution in [2.24, 2.45) is 0 Å². The van der Waals surface area contributed by atoms with Crippen LogP contribution in [0.5, 0.6) is 0 Å². The van der Waals surface area contributed by atoms with E-state index in [1.165, 1.54) is 11.3 Å². The number of rotatable bonds is 4. The maximum Gasteiger partial charge on any atom is 0.342 e. The zero-order chi connectivity index (χ0) is 12.3. The van der Waals surface area contributed by atoms with Gasteiger partial charge >= 0.3 is 5.97 Å². The van der Waals surface area contributed by atoms with Gasteiger partial charge in [0.1, 0.15) is 4.86 Å². The zero-order valence-corrected chi connectivity index (χ0v) is 10.6. The fourth-order valence-electron chi connectivity index (χ4n) is 1.49. The van der Waals surface area contributed by atoms with Gasteiger partial charge < -0.3 is 5.11 Å². The maximum atomic E-state index is 10.6. The predicted octanol–water partition coefficient (Wildman–Crippen LogP) is 3.41. The van der Waals surface area contributed by atoms with Crippen molar-refractivity contribution in [1.29, 1.82) is 0 Å². The van der Waals surface area contributed by atoms with Crippen molar-refractivity contribution in [2.75, 3.05) is 0 Å². The molecule has 0 fully saturated rings. The first-order valence-corrected chi connectivity index (χ1v) is 6.34. The molecule has 17 heavy (non-hydrogen) atoms. The molecule has 0 amide bonds. The van der Waals surface area contributed by atoms with Gasteiger partial charge in [-0.15, -0.1) is 11.3 Å². The van der Waals surface area contributed by atoms with E-state index in [2.05, 4.69) is 0 Å². The fraction of sp³-hybridized carbons (Fsp3) is 0.0769. The smallest absolute Gasteiger partial charge is 0.342 e. The van der Waals surface area contributed by atoms with E-state index in [9.17, 15) is 4.79 Å². The molecule has 2 rings (SSSR count). The monoisotopic (exact) mass is 262 g/mol. The topological polar surface area (TPSA) is 37.3 Å². The van der Waals surface area contributed by atoms with E-state index in [4.69, 9.17) is 17.3 Å². The molecule has 0 aliphatic carbocycles. The first-order valence-electron chi connectivity index (χ1n) is 5.06. The van der Waals surface area contributed by atoms with Gasteiger partial charge in [-0.05, 0) is 22.6 Å². The van der Waals surface area contributed by atoms with E-state index in [1.54, 1.807) is 0 Å². The summed E-state index contributed by atoms with van der Waals surface area (Å²) in [7, 11) is 0. The van der Waals surface area contributed by atoms with Crippen molar-refractivity contribution >= 4 is 34.4 Å². The normalized spacial score (nSPS) is 10.1.